The molecule has 0 spiro atoms. The third kappa shape index (κ3) is 3.39. The molecule has 2 N–H and O–H groups in total. The van der Waals surface area contributed by atoms with Crippen molar-refractivity contribution in [1.82, 2.24) is 0 Å². The van der Waals surface area contributed by atoms with Gasteiger partial charge in [0.05, 0.1) is 10.8 Å². The van der Waals surface area contributed by atoms with E-state index in [1.54, 1.807) is 0 Å². The molecule has 0 saturated heterocycles. The number of nitrogens with one attached hydrogen (secondary N) is 2. The van der Waals surface area contributed by atoms with Crippen LogP contribution < -0.4 is 10.6 Å². The lowest BCUT2D eigenvalue weighted by Crippen LogP contribution is -2.51. The minimum absolute atomic E-state index is 0.130. The van der Waals surface area contributed by atoms with Gasteiger partial charge in [-0.15, -0.1) is 0 Å². The van der Waals surface area contributed by atoms with Crippen molar-refractivity contribution < 1.29 is 9.59 Å². The Hall–Kier alpha value is -2.36. The molecule has 8 fully saturated rings. The van der Waals surface area contributed by atoms with Gasteiger partial charge in [0.1, 0.15) is 0 Å². The lowest BCUT2D eigenvalue weighted by molar-refractivity contribution is -0.141. The fourth-order valence-electron chi connectivity index (χ4n) is 10.7. The maximum atomic E-state index is 13.5. The molecule has 8 aliphatic carbocycles. The summed E-state index contributed by atoms with van der Waals surface area (Å²) in [7, 11) is 0. The number of hydrogen-bond donors (Lipinski definition) is 2. The molecule has 4 nitrogen and oxygen atoms in total. The Kier molecular flexibility index (Phi) is 4.57. The van der Waals surface area contributed by atoms with Crippen molar-refractivity contribution in [2.45, 2.75) is 77.0 Å². The van der Waals surface area contributed by atoms with Crippen molar-refractivity contribution in [2.75, 3.05) is 10.6 Å². The van der Waals surface area contributed by atoms with Gasteiger partial charge in [-0.05, 0) is 148 Å². The van der Waals surface area contributed by atoms with E-state index in [2.05, 4.69) is 34.9 Å². The molecular weight excluding hydrogens is 444 g/mol. The van der Waals surface area contributed by atoms with Crippen LogP contribution >= 0.6 is 0 Å². The summed E-state index contributed by atoms with van der Waals surface area (Å²) < 4.78 is 0. The second-order valence-electron chi connectivity index (χ2n) is 14.1. The summed E-state index contributed by atoms with van der Waals surface area (Å²) in [5, 5.41) is 8.81. The number of anilines is 2. The van der Waals surface area contributed by atoms with Gasteiger partial charge in [-0.2, -0.15) is 0 Å². The summed E-state index contributed by atoms with van der Waals surface area (Å²) in [5.74, 6) is 5.12. The second-order valence-corrected chi connectivity index (χ2v) is 14.1. The molecule has 10 rings (SSSR count). The highest BCUT2D eigenvalue weighted by molar-refractivity contribution is 6.00. The van der Waals surface area contributed by atoms with Crippen LogP contribution in [0.4, 0.5) is 11.4 Å². The van der Waals surface area contributed by atoms with Crippen molar-refractivity contribution in [3.63, 3.8) is 0 Å². The van der Waals surface area contributed by atoms with Crippen molar-refractivity contribution >= 4 is 34.0 Å². The smallest absolute Gasteiger partial charge is 0.230 e. The van der Waals surface area contributed by atoms with Crippen LogP contribution in [0.3, 0.4) is 0 Å². The molecule has 2 aromatic carbocycles. The molecule has 2 amide bonds. The zero-order valence-electron chi connectivity index (χ0n) is 21.2. The molecule has 2 aromatic rings. The highest BCUT2D eigenvalue weighted by atomic mass is 16.2. The van der Waals surface area contributed by atoms with Gasteiger partial charge in [0.25, 0.3) is 0 Å². The quantitative estimate of drug-likeness (QED) is 0.486. The fourth-order valence-corrected chi connectivity index (χ4v) is 10.7. The van der Waals surface area contributed by atoms with Gasteiger partial charge in [0.15, 0.2) is 0 Å². The first-order chi connectivity index (χ1) is 17.4. The van der Waals surface area contributed by atoms with Crippen LogP contribution in [0.15, 0.2) is 36.4 Å². The average molecular weight is 483 g/mol. The molecule has 188 valence electrons. The standard InChI is InChI=1S/C32H38N2O2/c35-29(31-13-19-5-20(14-31)7-21(6-19)15-31)33-27-3-1-25-11-28(4-2-26(25)12-27)34-30(36)32-16-22-8-23(17-32)10-24(9-22)18-32/h1-4,11-12,19-24H,5-10,13-18H2,(H,33,35)(H,34,36). The third-order valence-corrected chi connectivity index (χ3v) is 11.4. The van der Waals surface area contributed by atoms with Crippen molar-refractivity contribution in [3.05, 3.63) is 36.4 Å². The SMILES string of the molecule is O=C(Nc1ccc2cc(NC(=O)C34CC5CC(CC(C5)C3)C4)ccc2c1)C12CC3CC(CC(C3)C1)C2. The van der Waals surface area contributed by atoms with Gasteiger partial charge >= 0.3 is 0 Å². The fraction of sp³-hybridized carbons (Fsp3) is 0.625. The monoisotopic (exact) mass is 482 g/mol. The third-order valence-electron chi connectivity index (χ3n) is 11.4. The van der Waals surface area contributed by atoms with Gasteiger partial charge in [-0.25, -0.2) is 0 Å². The molecule has 8 saturated carbocycles. The van der Waals surface area contributed by atoms with Crippen LogP contribution in [0.5, 0.6) is 0 Å². The highest BCUT2D eigenvalue weighted by Crippen LogP contribution is 2.61. The summed E-state index contributed by atoms with van der Waals surface area (Å²) in [5.41, 5.74) is 1.53. The van der Waals surface area contributed by atoms with Crippen LogP contribution in [-0.4, -0.2) is 11.8 Å². The van der Waals surface area contributed by atoms with Crippen molar-refractivity contribution in [1.29, 1.82) is 0 Å². The number of carbonyl (C=O) groups is 2. The molecule has 36 heavy (non-hydrogen) atoms. The minimum atomic E-state index is -0.130. The predicted octanol–water partition coefficient (Wildman–Crippen LogP) is 7.15. The van der Waals surface area contributed by atoms with Gasteiger partial charge < -0.3 is 10.6 Å². The van der Waals surface area contributed by atoms with E-state index in [1.807, 2.05) is 12.1 Å². The van der Waals surface area contributed by atoms with Crippen LogP contribution in [0.2, 0.25) is 0 Å². The van der Waals surface area contributed by atoms with E-state index < -0.39 is 0 Å². The Bertz CT molecular complexity index is 1090. The lowest BCUT2D eigenvalue weighted by atomic mass is 9.49. The molecule has 0 aliphatic heterocycles. The van der Waals surface area contributed by atoms with Crippen LogP contribution in [0.25, 0.3) is 10.8 Å². The van der Waals surface area contributed by atoms with Crippen LogP contribution in [0.1, 0.15) is 77.0 Å². The first-order valence-corrected chi connectivity index (χ1v) is 14.6. The number of carbonyl (C=O) groups excluding carboxylic acids is 2. The number of benzene rings is 2. The molecule has 8 aliphatic rings. The molecule has 0 atom stereocenters. The normalized spacial score (nSPS) is 41.6. The van der Waals surface area contributed by atoms with Gasteiger partial charge in [-0.3, -0.25) is 9.59 Å². The maximum Gasteiger partial charge on any atom is 0.230 e. The second kappa shape index (κ2) is 7.58. The number of amides is 2. The summed E-state index contributed by atoms with van der Waals surface area (Å²) >= 11 is 0. The van der Waals surface area contributed by atoms with Crippen LogP contribution in [0, 0.1) is 46.3 Å². The predicted molar refractivity (Wildman–Crippen MR) is 142 cm³/mol. The van der Waals surface area contributed by atoms with E-state index in [1.165, 1.54) is 38.5 Å². The Balaban J connectivity index is 0.984. The molecule has 0 aromatic heterocycles. The summed E-state index contributed by atoms with van der Waals surface area (Å²) in [6.45, 7) is 0. The average Bonchev–Trinajstić information content (AvgIpc) is 2.82. The van der Waals surface area contributed by atoms with Gasteiger partial charge in [-0.1, -0.05) is 12.1 Å². The first-order valence-electron chi connectivity index (χ1n) is 14.6. The van der Waals surface area contributed by atoms with Gasteiger partial charge in [0, 0.05) is 11.4 Å². The van der Waals surface area contributed by atoms with E-state index in [9.17, 15) is 9.59 Å². The van der Waals surface area contributed by atoms with E-state index in [4.69, 9.17) is 0 Å². The number of fused-ring (bicyclic) bond motifs is 1. The summed E-state index contributed by atoms with van der Waals surface area (Å²) in [6, 6.07) is 12.4. The molecular formula is C32H38N2O2. The molecule has 0 unspecified atom stereocenters. The van der Waals surface area contributed by atoms with Gasteiger partial charge in [0.2, 0.25) is 11.8 Å². The van der Waals surface area contributed by atoms with E-state index >= 15 is 0 Å². The Labute approximate surface area is 214 Å². The van der Waals surface area contributed by atoms with E-state index in [0.717, 1.165) is 96.2 Å². The van der Waals surface area contributed by atoms with E-state index in [-0.39, 0.29) is 22.6 Å². The first kappa shape index (κ1) is 21.7. The minimum Gasteiger partial charge on any atom is -0.326 e. The largest absolute Gasteiger partial charge is 0.326 e. The highest BCUT2D eigenvalue weighted by Gasteiger charge is 2.55. The number of rotatable bonds is 4. The maximum absolute atomic E-state index is 13.5. The van der Waals surface area contributed by atoms with Crippen molar-refractivity contribution in [3.8, 4) is 0 Å². The molecule has 0 radical (unpaired) electrons. The zero-order chi connectivity index (χ0) is 24.1. The Morgan fingerprint density at radius 3 is 1.14 bits per heavy atom. The lowest BCUT2D eigenvalue weighted by Gasteiger charge is -2.55. The van der Waals surface area contributed by atoms with Crippen LogP contribution in [-0.2, 0) is 9.59 Å². The zero-order valence-corrected chi connectivity index (χ0v) is 21.2. The topological polar surface area (TPSA) is 58.2 Å². The summed E-state index contributed by atoms with van der Waals surface area (Å²) in [6.07, 6.45) is 14.6. The van der Waals surface area contributed by atoms with Crippen molar-refractivity contribution in [2.24, 2.45) is 46.3 Å². The molecule has 4 heteroatoms. The molecule has 8 bridgehead atoms. The summed E-state index contributed by atoms with van der Waals surface area (Å²) in [4.78, 5) is 27.0. The Morgan fingerprint density at radius 1 is 0.528 bits per heavy atom. The van der Waals surface area contributed by atoms with E-state index in [0.29, 0.717) is 0 Å². The Morgan fingerprint density at radius 2 is 0.833 bits per heavy atom. The molecule has 0 heterocycles. The number of hydrogen-bond acceptors (Lipinski definition) is 2.